The van der Waals surface area contributed by atoms with E-state index in [9.17, 15) is 4.79 Å². The third kappa shape index (κ3) is 1.44. The van der Waals surface area contributed by atoms with Crippen molar-refractivity contribution in [3.63, 3.8) is 0 Å². The van der Waals surface area contributed by atoms with Crippen LogP contribution in [0.15, 0.2) is 17.4 Å². The second-order valence-corrected chi connectivity index (χ2v) is 3.44. The highest BCUT2D eigenvalue weighted by atomic mass is 32.2. The standard InChI is InChI=1S/C8H7N3O2S/c1-14-8-10-5-2-4(7(12)13)3-9-6(5)11-8/h2-3H,1H3,(H,12,13)(H,9,10,11). The number of nitrogens with one attached hydrogen (secondary N) is 1. The zero-order chi connectivity index (χ0) is 10.1. The van der Waals surface area contributed by atoms with Crippen LogP contribution in [0.2, 0.25) is 0 Å². The molecular weight excluding hydrogens is 202 g/mol. The predicted molar refractivity (Wildman–Crippen MR) is 52.6 cm³/mol. The lowest BCUT2D eigenvalue weighted by Gasteiger charge is -1.91. The van der Waals surface area contributed by atoms with E-state index in [-0.39, 0.29) is 5.56 Å². The minimum atomic E-state index is -0.986. The highest BCUT2D eigenvalue weighted by Gasteiger charge is 2.07. The number of hydrogen-bond acceptors (Lipinski definition) is 4. The van der Waals surface area contributed by atoms with Crippen molar-refractivity contribution < 1.29 is 9.90 Å². The zero-order valence-electron chi connectivity index (χ0n) is 7.31. The molecule has 0 atom stereocenters. The van der Waals surface area contributed by atoms with Crippen LogP contribution in [0.25, 0.3) is 11.2 Å². The van der Waals surface area contributed by atoms with Gasteiger partial charge in [-0.3, -0.25) is 0 Å². The van der Waals surface area contributed by atoms with E-state index in [0.29, 0.717) is 11.2 Å². The lowest BCUT2D eigenvalue weighted by atomic mass is 10.3. The van der Waals surface area contributed by atoms with Crippen molar-refractivity contribution in [1.29, 1.82) is 0 Å². The van der Waals surface area contributed by atoms with Crippen molar-refractivity contribution >= 4 is 28.9 Å². The number of aromatic nitrogens is 3. The van der Waals surface area contributed by atoms with Crippen LogP contribution in [0.4, 0.5) is 0 Å². The number of nitrogens with zero attached hydrogens (tertiary/aromatic N) is 2. The Bertz CT molecular complexity index is 494. The van der Waals surface area contributed by atoms with Crippen LogP contribution in [0.1, 0.15) is 10.4 Å². The molecule has 2 N–H and O–H groups in total. The van der Waals surface area contributed by atoms with Gasteiger partial charge < -0.3 is 10.1 Å². The van der Waals surface area contributed by atoms with Crippen molar-refractivity contribution in [2.45, 2.75) is 5.16 Å². The second kappa shape index (κ2) is 3.30. The van der Waals surface area contributed by atoms with Crippen LogP contribution in [0, 0.1) is 0 Å². The Morgan fingerprint density at radius 2 is 2.43 bits per heavy atom. The molecule has 0 fully saturated rings. The number of H-pyrrole nitrogens is 1. The monoisotopic (exact) mass is 209 g/mol. The summed E-state index contributed by atoms with van der Waals surface area (Å²) in [5, 5.41) is 9.46. The number of aromatic amines is 1. The lowest BCUT2D eigenvalue weighted by molar-refractivity contribution is 0.0696. The van der Waals surface area contributed by atoms with Crippen molar-refractivity contribution in [2.75, 3.05) is 6.26 Å². The van der Waals surface area contributed by atoms with Crippen LogP contribution < -0.4 is 0 Å². The summed E-state index contributed by atoms with van der Waals surface area (Å²) in [5.41, 5.74) is 1.35. The number of aromatic carboxylic acids is 1. The van der Waals surface area contributed by atoms with Crippen LogP contribution in [0.3, 0.4) is 0 Å². The van der Waals surface area contributed by atoms with Gasteiger partial charge in [0.2, 0.25) is 0 Å². The average molecular weight is 209 g/mol. The van der Waals surface area contributed by atoms with E-state index < -0.39 is 5.97 Å². The van der Waals surface area contributed by atoms with Crippen LogP contribution in [-0.2, 0) is 0 Å². The summed E-state index contributed by atoms with van der Waals surface area (Å²) >= 11 is 1.45. The third-order valence-electron chi connectivity index (χ3n) is 1.76. The first kappa shape index (κ1) is 9.01. The summed E-state index contributed by atoms with van der Waals surface area (Å²) in [6.45, 7) is 0. The molecule has 0 aliphatic rings. The Balaban J connectivity index is 2.59. The first-order chi connectivity index (χ1) is 6.70. The molecule has 0 radical (unpaired) electrons. The van der Waals surface area contributed by atoms with Crippen molar-refractivity contribution in [2.24, 2.45) is 0 Å². The largest absolute Gasteiger partial charge is 0.478 e. The summed E-state index contributed by atoms with van der Waals surface area (Å²) < 4.78 is 0. The first-order valence-electron chi connectivity index (χ1n) is 3.84. The van der Waals surface area contributed by atoms with Gasteiger partial charge in [-0.25, -0.2) is 14.8 Å². The van der Waals surface area contributed by atoms with Crippen molar-refractivity contribution in [3.8, 4) is 0 Å². The molecule has 0 aliphatic carbocycles. The lowest BCUT2D eigenvalue weighted by Crippen LogP contribution is -1.96. The van der Waals surface area contributed by atoms with Gasteiger partial charge in [-0.2, -0.15) is 0 Å². The number of carboxylic acid groups (broad SMARTS) is 1. The molecule has 5 nitrogen and oxygen atoms in total. The molecule has 0 amide bonds. The normalized spacial score (nSPS) is 10.6. The number of carbonyl (C=O) groups is 1. The molecule has 6 heteroatoms. The third-order valence-corrected chi connectivity index (χ3v) is 2.34. The van der Waals surface area contributed by atoms with Gasteiger partial charge in [-0.15, -0.1) is 0 Å². The number of carboxylic acids is 1. The predicted octanol–water partition coefficient (Wildman–Crippen LogP) is 1.38. The SMILES string of the molecule is CSc1nc2ncc(C(=O)O)cc2[nH]1. The zero-order valence-corrected chi connectivity index (χ0v) is 8.13. The highest BCUT2D eigenvalue weighted by molar-refractivity contribution is 7.98. The van der Waals surface area contributed by atoms with Gasteiger partial charge in [0.1, 0.15) is 0 Å². The Kier molecular flexibility index (Phi) is 2.12. The topological polar surface area (TPSA) is 78.9 Å². The molecule has 2 heterocycles. The number of pyridine rings is 1. The molecular formula is C8H7N3O2S. The van der Waals surface area contributed by atoms with E-state index in [1.165, 1.54) is 24.0 Å². The Morgan fingerprint density at radius 1 is 1.64 bits per heavy atom. The van der Waals surface area contributed by atoms with Gasteiger partial charge in [0.15, 0.2) is 10.8 Å². The Hall–Kier alpha value is -1.56. The summed E-state index contributed by atoms with van der Waals surface area (Å²) in [5.74, 6) is -0.986. The summed E-state index contributed by atoms with van der Waals surface area (Å²) in [4.78, 5) is 21.7. The van der Waals surface area contributed by atoms with Gasteiger partial charge in [0.25, 0.3) is 0 Å². The Morgan fingerprint density at radius 3 is 3.07 bits per heavy atom. The van der Waals surface area contributed by atoms with E-state index in [4.69, 9.17) is 5.11 Å². The van der Waals surface area contributed by atoms with E-state index >= 15 is 0 Å². The summed E-state index contributed by atoms with van der Waals surface area (Å²) in [6.07, 6.45) is 3.19. The molecule has 0 aliphatic heterocycles. The van der Waals surface area contributed by atoms with Crippen molar-refractivity contribution in [1.82, 2.24) is 15.0 Å². The minimum absolute atomic E-state index is 0.161. The van der Waals surface area contributed by atoms with Gasteiger partial charge in [0, 0.05) is 6.20 Å². The smallest absolute Gasteiger partial charge is 0.337 e. The van der Waals surface area contributed by atoms with Gasteiger partial charge in [-0.1, -0.05) is 11.8 Å². The highest BCUT2D eigenvalue weighted by Crippen LogP contribution is 2.16. The fourth-order valence-electron chi connectivity index (χ4n) is 1.09. The maximum Gasteiger partial charge on any atom is 0.337 e. The number of fused-ring (bicyclic) bond motifs is 1. The van der Waals surface area contributed by atoms with E-state index in [1.807, 2.05) is 6.26 Å². The number of rotatable bonds is 2. The molecule has 0 unspecified atom stereocenters. The first-order valence-corrected chi connectivity index (χ1v) is 5.06. The Labute approximate surface area is 83.6 Å². The molecule has 2 rings (SSSR count). The molecule has 0 spiro atoms. The fraction of sp³-hybridized carbons (Fsp3) is 0.125. The molecule has 0 saturated carbocycles. The van der Waals surface area contributed by atoms with Gasteiger partial charge in [-0.05, 0) is 12.3 Å². The van der Waals surface area contributed by atoms with E-state index in [2.05, 4.69) is 15.0 Å². The second-order valence-electron chi connectivity index (χ2n) is 2.65. The van der Waals surface area contributed by atoms with E-state index in [0.717, 1.165) is 5.16 Å². The molecule has 0 saturated heterocycles. The van der Waals surface area contributed by atoms with Crippen LogP contribution in [0.5, 0.6) is 0 Å². The summed E-state index contributed by atoms with van der Waals surface area (Å²) in [7, 11) is 0. The quantitative estimate of drug-likeness (QED) is 0.730. The molecule has 2 aromatic rings. The average Bonchev–Trinajstić information content (AvgIpc) is 2.58. The molecule has 2 aromatic heterocycles. The molecule has 0 bridgehead atoms. The number of hydrogen-bond donors (Lipinski definition) is 2. The van der Waals surface area contributed by atoms with Crippen LogP contribution in [-0.4, -0.2) is 32.3 Å². The summed E-state index contributed by atoms with van der Waals surface area (Å²) in [6, 6.07) is 1.53. The van der Waals surface area contributed by atoms with E-state index in [1.54, 1.807) is 0 Å². The van der Waals surface area contributed by atoms with Crippen molar-refractivity contribution in [3.05, 3.63) is 17.8 Å². The number of imidazole rings is 1. The van der Waals surface area contributed by atoms with Gasteiger partial charge >= 0.3 is 5.97 Å². The maximum absolute atomic E-state index is 10.6. The molecule has 14 heavy (non-hydrogen) atoms. The van der Waals surface area contributed by atoms with Gasteiger partial charge in [0.05, 0.1) is 11.1 Å². The fourth-order valence-corrected chi connectivity index (χ4v) is 1.48. The minimum Gasteiger partial charge on any atom is -0.478 e. The molecule has 0 aromatic carbocycles. The maximum atomic E-state index is 10.6. The molecule has 72 valence electrons. The van der Waals surface area contributed by atoms with Crippen LogP contribution >= 0.6 is 11.8 Å². The number of thioether (sulfide) groups is 1.